The van der Waals surface area contributed by atoms with Crippen LogP contribution in [0, 0.1) is 5.82 Å². The first-order valence-electron chi connectivity index (χ1n) is 6.36. The monoisotopic (exact) mass is 255 g/mol. The summed E-state index contributed by atoms with van der Waals surface area (Å²) < 4.78 is 24.6. The fraction of sp³-hybridized carbons (Fsp3) is 0.571. The van der Waals surface area contributed by atoms with Gasteiger partial charge in [0.2, 0.25) is 0 Å². The van der Waals surface area contributed by atoms with Gasteiger partial charge in [-0.15, -0.1) is 0 Å². The van der Waals surface area contributed by atoms with Gasteiger partial charge >= 0.3 is 0 Å². The van der Waals surface area contributed by atoms with Crippen molar-refractivity contribution < 1.29 is 13.9 Å². The first-order valence-corrected chi connectivity index (χ1v) is 6.36. The standard InChI is InChI=1S/C14H22FNO2/c1-3-8-17-9-10-18-14(11(2)16)12-6-4-5-7-13(12)15/h4-7,11,14H,3,8-10,16H2,1-2H3. The Morgan fingerprint density at radius 1 is 1.22 bits per heavy atom. The zero-order valence-electron chi connectivity index (χ0n) is 11.1. The summed E-state index contributed by atoms with van der Waals surface area (Å²) in [6.45, 7) is 5.49. The van der Waals surface area contributed by atoms with Crippen molar-refractivity contribution in [1.29, 1.82) is 0 Å². The molecule has 18 heavy (non-hydrogen) atoms. The number of ether oxygens (including phenoxy) is 2. The lowest BCUT2D eigenvalue weighted by molar-refractivity contribution is -0.00615. The Hall–Kier alpha value is -0.970. The number of nitrogens with two attached hydrogens (primary N) is 1. The van der Waals surface area contributed by atoms with Crippen LogP contribution in [0.25, 0.3) is 0 Å². The number of rotatable bonds is 8. The summed E-state index contributed by atoms with van der Waals surface area (Å²) >= 11 is 0. The van der Waals surface area contributed by atoms with Crippen LogP contribution >= 0.6 is 0 Å². The molecule has 0 aromatic heterocycles. The molecule has 3 nitrogen and oxygen atoms in total. The van der Waals surface area contributed by atoms with Crippen LogP contribution in [0.15, 0.2) is 24.3 Å². The van der Waals surface area contributed by atoms with Crippen LogP contribution in [-0.4, -0.2) is 25.9 Å². The average molecular weight is 255 g/mol. The van der Waals surface area contributed by atoms with Crippen LogP contribution in [0.4, 0.5) is 4.39 Å². The molecule has 0 bridgehead atoms. The quantitative estimate of drug-likeness (QED) is 0.726. The Labute approximate surface area is 108 Å². The summed E-state index contributed by atoms with van der Waals surface area (Å²) in [5, 5.41) is 0. The molecule has 102 valence electrons. The lowest BCUT2D eigenvalue weighted by atomic mass is 10.0. The van der Waals surface area contributed by atoms with E-state index in [1.54, 1.807) is 18.2 Å². The van der Waals surface area contributed by atoms with E-state index in [0.29, 0.717) is 25.4 Å². The Morgan fingerprint density at radius 3 is 2.56 bits per heavy atom. The van der Waals surface area contributed by atoms with E-state index >= 15 is 0 Å². The second-order valence-electron chi connectivity index (χ2n) is 4.28. The second kappa shape index (κ2) is 8.19. The molecular weight excluding hydrogens is 233 g/mol. The van der Waals surface area contributed by atoms with Gasteiger partial charge in [0.1, 0.15) is 11.9 Å². The molecule has 0 aliphatic carbocycles. The van der Waals surface area contributed by atoms with Crippen LogP contribution in [-0.2, 0) is 9.47 Å². The van der Waals surface area contributed by atoms with E-state index in [9.17, 15) is 4.39 Å². The molecule has 1 rings (SSSR count). The summed E-state index contributed by atoms with van der Waals surface area (Å²) in [4.78, 5) is 0. The van der Waals surface area contributed by atoms with Gasteiger partial charge in [-0.25, -0.2) is 4.39 Å². The molecule has 0 aliphatic rings. The van der Waals surface area contributed by atoms with Crippen molar-refractivity contribution in [3.63, 3.8) is 0 Å². The van der Waals surface area contributed by atoms with Crippen molar-refractivity contribution >= 4 is 0 Å². The van der Waals surface area contributed by atoms with Gasteiger partial charge in [0.15, 0.2) is 0 Å². The Balaban J connectivity index is 2.53. The predicted octanol–water partition coefficient (Wildman–Crippen LogP) is 2.66. The highest BCUT2D eigenvalue weighted by atomic mass is 19.1. The third-order valence-corrected chi connectivity index (χ3v) is 2.56. The Morgan fingerprint density at radius 2 is 1.94 bits per heavy atom. The first kappa shape index (κ1) is 15.1. The average Bonchev–Trinajstić information content (AvgIpc) is 2.35. The SMILES string of the molecule is CCCOCCOC(c1ccccc1F)C(C)N. The number of benzene rings is 1. The van der Waals surface area contributed by atoms with E-state index in [1.807, 2.05) is 13.8 Å². The van der Waals surface area contributed by atoms with Gasteiger partial charge in [0, 0.05) is 18.2 Å². The molecule has 0 radical (unpaired) electrons. The van der Waals surface area contributed by atoms with Crippen molar-refractivity contribution in [2.24, 2.45) is 5.73 Å². The summed E-state index contributed by atoms with van der Waals surface area (Å²) in [7, 11) is 0. The molecule has 2 N–H and O–H groups in total. The molecule has 0 saturated carbocycles. The number of halogens is 1. The highest BCUT2D eigenvalue weighted by Crippen LogP contribution is 2.22. The zero-order valence-corrected chi connectivity index (χ0v) is 11.1. The highest BCUT2D eigenvalue weighted by molar-refractivity contribution is 5.21. The molecule has 1 aromatic carbocycles. The number of hydrogen-bond acceptors (Lipinski definition) is 3. The molecule has 0 amide bonds. The van der Waals surface area contributed by atoms with Gasteiger partial charge in [-0.3, -0.25) is 0 Å². The van der Waals surface area contributed by atoms with Crippen LogP contribution < -0.4 is 5.73 Å². The Bertz CT molecular complexity index is 344. The number of hydrogen-bond donors (Lipinski definition) is 1. The topological polar surface area (TPSA) is 44.5 Å². The molecule has 1 aromatic rings. The molecule has 4 heteroatoms. The summed E-state index contributed by atoms with van der Waals surface area (Å²) in [5.74, 6) is -0.283. The van der Waals surface area contributed by atoms with Gasteiger partial charge < -0.3 is 15.2 Å². The second-order valence-corrected chi connectivity index (χ2v) is 4.28. The first-order chi connectivity index (χ1) is 8.66. The van der Waals surface area contributed by atoms with Crippen molar-refractivity contribution in [2.45, 2.75) is 32.4 Å². The van der Waals surface area contributed by atoms with E-state index < -0.39 is 6.10 Å². The summed E-state index contributed by atoms with van der Waals surface area (Å²) in [5.41, 5.74) is 6.35. The van der Waals surface area contributed by atoms with Crippen molar-refractivity contribution in [3.05, 3.63) is 35.6 Å². The van der Waals surface area contributed by atoms with Crippen LogP contribution in [0.1, 0.15) is 31.9 Å². The molecule has 0 spiro atoms. The van der Waals surface area contributed by atoms with E-state index in [0.717, 1.165) is 6.42 Å². The molecule has 2 atom stereocenters. The van der Waals surface area contributed by atoms with E-state index in [-0.39, 0.29) is 11.9 Å². The molecule has 0 saturated heterocycles. The Kier molecular flexibility index (Phi) is 6.86. The lowest BCUT2D eigenvalue weighted by Crippen LogP contribution is -2.28. The van der Waals surface area contributed by atoms with Crippen molar-refractivity contribution in [1.82, 2.24) is 0 Å². The van der Waals surface area contributed by atoms with Crippen molar-refractivity contribution in [2.75, 3.05) is 19.8 Å². The maximum Gasteiger partial charge on any atom is 0.129 e. The minimum absolute atomic E-state index is 0.270. The van der Waals surface area contributed by atoms with Gasteiger partial charge in [-0.05, 0) is 19.4 Å². The normalized spacial score (nSPS) is 14.4. The lowest BCUT2D eigenvalue weighted by Gasteiger charge is -2.22. The third kappa shape index (κ3) is 4.72. The van der Waals surface area contributed by atoms with E-state index in [2.05, 4.69) is 0 Å². The van der Waals surface area contributed by atoms with E-state index in [4.69, 9.17) is 15.2 Å². The molecule has 0 aliphatic heterocycles. The third-order valence-electron chi connectivity index (χ3n) is 2.56. The maximum atomic E-state index is 13.7. The maximum absolute atomic E-state index is 13.7. The zero-order chi connectivity index (χ0) is 13.4. The fourth-order valence-electron chi connectivity index (χ4n) is 1.71. The molecular formula is C14H22FNO2. The summed E-state index contributed by atoms with van der Waals surface area (Å²) in [6.07, 6.45) is 0.542. The van der Waals surface area contributed by atoms with Gasteiger partial charge in [-0.2, -0.15) is 0 Å². The largest absolute Gasteiger partial charge is 0.379 e. The molecule has 0 heterocycles. The molecule has 0 fully saturated rings. The predicted molar refractivity (Wildman–Crippen MR) is 69.9 cm³/mol. The van der Waals surface area contributed by atoms with Crippen LogP contribution in [0.2, 0.25) is 0 Å². The van der Waals surface area contributed by atoms with Gasteiger partial charge in [0.25, 0.3) is 0 Å². The van der Waals surface area contributed by atoms with E-state index in [1.165, 1.54) is 6.07 Å². The highest BCUT2D eigenvalue weighted by Gasteiger charge is 2.19. The van der Waals surface area contributed by atoms with Crippen molar-refractivity contribution in [3.8, 4) is 0 Å². The van der Waals surface area contributed by atoms with Gasteiger partial charge in [0.05, 0.1) is 13.2 Å². The van der Waals surface area contributed by atoms with Crippen LogP contribution in [0.3, 0.4) is 0 Å². The molecule has 2 unspecified atom stereocenters. The minimum Gasteiger partial charge on any atom is -0.379 e. The van der Waals surface area contributed by atoms with Crippen LogP contribution in [0.5, 0.6) is 0 Å². The fourth-order valence-corrected chi connectivity index (χ4v) is 1.71. The minimum atomic E-state index is -0.434. The van der Waals surface area contributed by atoms with Gasteiger partial charge in [-0.1, -0.05) is 25.1 Å². The smallest absolute Gasteiger partial charge is 0.129 e. The summed E-state index contributed by atoms with van der Waals surface area (Å²) in [6, 6.07) is 6.29.